The number of amides is 1. The number of aromatic nitrogens is 3. The van der Waals surface area contributed by atoms with Gasteiger partial charge in [-0.15, -0.1) is 0 Å². The van der Waals surface area contributed by atoms with Gasteiger partial charge < -0.3 is 24.7 Å². The van der Waals surface area contributed by atoms with E-state index in [4.69, 9.17) is 14.5 Å². The number of para-hydroxylation sites is 3. The number of carbonyl (C=O) groups is 1. The zero-order valence-corrected chi connectivity index (χ0v) is 19.2. The molecule has 2 N–H and O–H groups in total. The van der Waals surface area contributed by atoms with Crippen molar-refractivity contribution in [3.05, 3.63) is 96.8 Å². The van der Waals surface area contributed by atoms with Gasteiger partial charge in [0.1, 0.15) is 22.9 Å². The van der Waals surface area contributed by atoms with Crippen LogP contribution in [0.25, 0.3) is 11.0 Å². The first-order chi connectivity index (χ1) is 17.1. The van der Waals surface area contributed by atoms with E-state index in [1.807, 2.05) is 84.4 Å². The molecule has 0 saturated heterocycles. The predicted octanol–water partition coefficient (Wildman–Crippen LogP) is 5.66. The maximum atomic E-state index is 11.9. The average Bonchev–Trinajstić information content (AvgIpc) is 3.19. The van der Waals surface area contributed by atoms with Crippen LogP contribution in [-0.2, 0) is 7.05 Å². The summed E-state index contributed by atoms with van der Waals surface area (Å²) in [5.74, 6) is 2.95. The molecule has 0 unspecified atom stereocenters. The SMILES string of the molecule is CNC(=O)c1cc(Oc2ccc3c(c2)nc(Nc2ccccc2Oc2ccccc2)n3C)ccn1. The molecule has 5 aromatic rings. The van der Waals surface area contributed by atoms with Crippen LogP contribution in [0.2, 0.25) is 0 Å². The van der Waals surface area contributed by atoms with Gasteiger partial charge in [0.25, 0.3) is 5.91 Å². The molecule has 0 spiro atoms. The van der Waals surface area contributed by atoms with Crippen molar-refractivity contribution >= 4 is 28.6 Å². The first kappa shape index (κ1) is 22.0. The van der Waals surface area contributed by atoms with Gasteiger partial charge in [-0.3, -0.25) is 9.78 Å². The number of imidazole rings is 1. The van der Waals surface area contributed by atoms with Crippen LogP contribution in [0.3, 0.4) is 0 Å². The predicted molar refractivity (Wildman–Crippen MR) is 135 cm³/mol. The van der Waals surface area contributed by atoms with Gasteiger partial charge in [0.15, 0.2) is 5.75 Å². The molecule has 0 fully saturated rings. The number of nitrogens with one attached hydrogen (secondary N) is 2. The highest BCUT2D eigenvalue weighted by molar-refractivity contribution is 5.92. The van der Waals surface area contributed by atoms with E-state index in [1.165, 1.54) is 6.20 Å². The van der Waals surface area contributed by atoms with Crippen molar-refractivity contribution in [1.29, 1.82) is 0 Å². The molecule has 2 heterocycles. The Bertz CT molecular complexity index is 1500. The Labute approximate surface area is 202 Å². The largest absolute Gasteiger partial charge is 0.457 e. The number of nitrogens with zero attached hydrogens (tertiary/aromatic N) is 3. The number of carbonyl (C=O) groups excluding carboxylic acids is 1. The molecule has 5 rings (SSSR count). The molecule has 174 valence electrons. The summed E-state index contributed by atoms with van der Waals surface area (Å²) in [6.45, 7) is 0. The maximum Gasteiger partial charge on any atom is 0.269 e. The molecule has 1 amide bonds. The zero-order chi connectivity index (χ0) is 24.2. The lowest BCUT2D eigenvalue weighted by atomic mass is 10.3. The van der Waals surface area contributed by atoms with Crippen LogP contribution in [0.1, 0.15) is 10.5 Å². The third-order valence-electron chi connectivity index (χ3n) is 5.38. The summed E-state index contributed by atoms with van der Waals surface area (Å²) in [6, 6.07) is 26.3. The van der Waals surface area contributed by atoms with Crippen LogP contribution < -0.4 is 20.1 Å². The third-order valence-corrected chi connectivity index (χ3v) is 5.38. The molecule has 0 radical (unpaired) electrons. The number of hydrogen-bond donors (Lipinski definition) is 2. The second-order valence-electron chi connectivity index (χ2n) is 7.74. The van der Waals surface area contributed by atoms with Crippen molar-refractivity contribution in [2.45, 2.75) is 0 Å². The fourth-order valence-corrected chi connectivity index (χ4v) is 3.61. The Hall–Kier alpha value is -4.85. The van der Waals surface area contributed by atoms with Crippen LogP contribution in [0.5, 0.6) is 23.0 Å². The van der Waals surface area contributed by atoms with Gasteiger partial charge in [-0.05, 0) is 42.5 Å². The molecule has 0 aliphatic rings. The highest BCUT2D eigenvalue weighted by atomic mass is 16.5. The average molecular weight is 466 g/mol. The number of rotatable bonds is 7. The lowest BCUT2D eigenvalue weighted by Gasteiger charge is -2.12. The Kier molecular flexibility index (Phi) is 6.00. The van der Waals surface area contributed by atoms with E-state index >= 15 is 0 Å². The second kappa shape index (κ2) is 9.56. The quantitative estimate of drug-likeness (QED) is 0.323. The first-order valence-corrected chi connectivity index (χ1v) is 11.0. The van der Waals surface area contributed by atoms with Crippen LogP contribution in [0.4, 0.5) is 11.6 Å². The lowest BCUT2D eigenvalue weighted by molar-refractivity contribution is 0.0958. The van der Waals surface area contributed by atoms with Gasteiger partial charge in [-0.1, -0.05) is 30.3 Å². The van der Waals surface area contributed by atoms with Gasteiger partial charge >= 0.3 is 0 Å². The summed E-state index contributed by atoms with van der Waals surface area (Å²) in [5, 5.41) is 5.94. The Morgan fingerprint density at radius 3 is 2.46 bits per heavy atom. The minimum Gasteiger partial charge on any atom is -0.457 e. The van der Waals surface area contributed by atoms with Gasteiger partial charge in [-0.2, -0.15) is 0 Å². The summed E-state index contributed by atoms with van der Waals surface area (Å²) in [4.78, 5) is 20.7. The summed E-state index contributed by atoms with van der Waals surface area (Å²) in [7, 11) is 3.50. The zero-order valence-electron chi connectivity index (χ0n) is 19.2. The fourth-order valence-electron chi connectivity index (χ4n) is 3.61. The van der Waals surface area contributed by atoms with Gasteiger partial charge in [0, 0.05) is 32.4 Å². The van der Waals surface area contributed by atoms with E-state index < -0.39 is 0 Å². The van der Waals surface area contributed by atoms with Crippen molar-refractivity contribution in [3.63, 3.8) is 0 Å². The van der Waals surface area contributed by atoms with E-state index in [2.05, 4.69) is 15.6 Å². The third kappa shape index (κ3) is 4.77. The molecule has 0 aliphatic heterocycles. The molecule has 3 aromatic carbocycles. The standard InChI is InChI=1S/C27H23N5O3/c1-28-26(33)23-17-20(14-15-29-23)34-19-12-13-24-22(16-19)31-27(32(24)2)30-21-10-6-7-11-25(21)35-18-8-4-3-5-9-18/h3-17H,1-2H3,(H,28,33)(H,30,31). The van der Waals surface area contributed by atoms with Gasteiger partial charge in [0.05, 0.1) is 16.7 Å². The van der Waals surface area contributed by atoms with Crippen molar-refractivity contribution < 1.29 is 14.3 Å². The summed E-state index contributed by atoms with van der Waals surface area (Å²) >= 11 is 0. The molecule has 8 nitrogen and oxygen atoms in total. The van der Waals surface area contributed by atoms with E-state index in [0.29, 0.717) is 23.2 Å². The number of anilines is 2. The number of ether oxygens (including phenoxy) is 2. The second-order valence-corrected chi connectivity index (χ2v) is 7.74. The van der Waals surface area contributed by atoms with Crippen LogP contribution >= 0.6 is 0 Å². The number of aryl methyl sites for hydroxylation is 1. The number of hydrogen-bond acceptors (Lipinski definition) is 6. The molecule has 0 saturated carbocycles. The molecule has 0 atom stereocenters. The minimum absolute atomic E-state index is 0.275. The Balaban J connectivity index is 1.40. The summed E-state index contributed by atoms with van der Waals surface area (Å²) in [6.07, 6.45) is 1.54. The molecule has 35 heavy (non-hydrogen) atoms. The number of fused-ring (bicyclic) bond motifs is 1. The van der Waals surface area contributed by atoms with Crippen LogP contribution in [0, 0.1) is 0 Å². The number of benzene rings is 3. The van der Waals surface area contributed by atoms with Crippen molar-refractivity contribution in [3.8, 4) is 23.0 Å². The molecule has 2 aromatic heterocycles. The monoisotopic (exact) mass is 465 g/mol. The molecule has 8 heteroatoms. The van der Waals surface area contributed by atoms with E-state index in [1.54, 1.807) is 19.2 Å². The van der Waals surface area contributed by atoms with E-state index in [0.717, 1.165) is 22.5 Å². The smallest absolute Gasteiger partial charge is 0.269 e. The van der Waals surface area contributed by atoms with E-state index in [-0.39, 0.29) is 11.6 Å². The van der Waals surface area contributed by atoms with Gasteiger partial charge in [-0.25, -0.2) is 4.98 Å². The first-order valence-electron chi connectivity index (χ1n) is 11.0. The highest BCUT2D eigenvalue weighted by Gasteiger charge is 2.13. The Morgan fingerprint density at radius 2 is 1.63 bits per heavy atom. The molecular weight excluding hydrogens is 442 g/mol. The van der Waals surface area contributed by atoms with Gasteiger partial charge in [0.2, 0.25) is 5.95 Å². The highest BCUT2D eigenvalue weighted by Crippen LogP contribution is 2.33. The fraction of sp³-hybridized carbons (Fsp3) is 0.0741. The van der Waals surface area contributed by atoms with Crippen molar-refractivity contribution in [1.82, 2.24) is 19.9 Å². The minimum atomic E-state index is -0.275. The Morgan fingerprint density at radius 1 is 0.857 bits per heavy atom. The van der Waals surface area contributed by atoms with E-state index in [9.17, 15) is 4.79 Å². The molecular formula is C27H23N5O3. The van der Waals surface area contributed by atoms with Crippen LogP contribution in [-0.4, -0.2) is 27.5 Å². The summed E-state index contributed by atoms with van der Waals surface area (Å²) < 4.78 is 14.0. The summed E-state index contributed by atoms with van der Waals surface area (Å²) in [5.41, 5.74) is 2.77. The van der Waals surface area contributed by atoms with Crippen molar-refractivity contribution in [2.75, 3.05) is 12.4 Å². The maximum absolute atomic E-state index is 11.9. The van der Waals surface area contributed by atoms with Crippen molar-refractivity contribution in [2.24, 2.45) is 7.05 Å². The topological polar surface area (TPSA) is 90.3 Å². The van der Waals surface area contributed by atoms with Crippen LogP contribution in [0.15, 0.2) is 91.1 Å². The lowest BCUT2D eigenvalue weighted by Crippen LogP contribution is -2.18. The molecule has 0 aliphatic carbocycles. The number of pyridine rings is 1. The normalized spacial score (nSPS) is 10.7. The molecule has 0 bridgehead atoms.